The van der Waals surface area contributed by atoms with Gasteiger partial charge in [0.05, 0.1) is 10.6 Å². The first-order valence-electron chi connectivity index (χ1n) is 8.14. The molecule has 0 spiro atoms. The third kappa shape index (κ3) is 2.57. The number of hydrogen-bond donors (Lipinski definition) is 1. The molecular weight excluding hydrogens is 340 g/mol. The zero-order valence-electron chi connectivity index (χ0n) is 15.1. The Morgan fingerprint density at radius 3 is 2.44 bits per heavy atom. The van der Waals surface area contributed by atoms with Crippen LogP contribution < -0.4 is 5.56 Å². The molecule has 134 valence electrons. The average Bonchev–Trinajstić information content (AvgIpc) is 2.85. The number of ketones is 1. The van der Waals surface area contributed by atoms with E-state index in [0.29, 0.717) is 33.6 Å². The zero-order chi connectivity index (χ0) is 18.7. The highest BCUT2D eigenvalue weighted by Gasteiger charge is 2.39. The Kier molecular flexibility index (Phi) is 3.83. The van der Waals surface area contributed by atoms with Crippen LogP contribution in [0.15, 0.2) is 22.0 Å². The minimum Gasteiger partial charge on any atom is -0.302 e. The Hall–Kier alpha value is -2.15. The number of carbonyl (C=O) groups excluding carboxylic acids is 1. The molecular formula is C18H22N2O4S. The lowest BCUT2D eigenvalue weighted by Crippen LogP contribution is -2.33. The fraction of sp³-hybridized carbons (Fsp3) is 0.444. The van der Waals surface area contributed by atoms with Crippen LogP contribution in [0.25, 0.3) is 0 Å². The Morgan fingerprint density at radius 2 is 1.88 bits per heavy atom. The van der Waals surface area contributed by atoms with E-state index in [-0.39, 0.29) is 22.5 Å². The summed E-state index contributed by atoms with van der Waals surface area (Å²) in [6.45, 7) is 7.47. The summed E-state index contributed by atoms with van der Waals surface area (Å²) in [6, 6.07) is 1.60. The van der Waals surface area contributed by atoms with E-state index in [9.17, 15) is 18.0 Å². The van der Waals surface area contributed by atoms with Gasteiger partial charge in [-0.3, -0.25) is 14.3 Å². The molecule has 0 saturated carbocycles. The van der Waals surface area contributed by atoms with Gasteiger partial charge in [-0.25, -0.2) is 8.42 Å². The van der Waals surface area contributed by atoms with Gasteiger partial charge in [0.2, 0.25) is 0 Å². The highest BCUT2D eigenvalue weighted by molar-refractivity contribution is 7.91. The van der Waals surface area contributed by atoms with Crippen molar-refractivity contribution in [2.75, 3.05) is 5.75 Å². The van der Waals surface area contributed by atoms with Crippen LogP contribution in [0.5, 0.6) is 0 Å². The monoisotopic (exact) mass is 362 g/mol. The van der Waals surface area contributed by atoms with E-state index in [1.165, 1.54) is 10.9 Å². The Balaban J connectivity index is 2.33. The smallest absolute Gasteiger partial charge is 0.277 e. The van der Waals surface area contributed by atoms with E-state index in [2.05, 4.69) is 5.10 Å². The summed E-state index contributed by atoms with van der Waals surface area (Å²) in [4.78, 5) is 25.4. The minimum atomic E-state index is -3.36. The molecule has 0 bridgehead atoms. The Labute approximate surface area is 146 Å². The van der Waals surface area contributed by atoms with Crippen molar-refractivity contribution in [2.24, 2.45) is 7.05 Å². The average molecular weight is 362 g/mol. The maximum atomic E-state index is 12.9. The maximum absolute atomic E-state index is 12.9. The SMILES string of the molecule is Cc1cc(C(=O)c2c[nH]n(C)c2=O)c(C)c2c1S(=O)(=O)CCC2(C)C. The summed E-state index contributed by atoms with van der Waals surface area (Å²) in [5, 5.41) is 2.70. The molecule has 0 unspecified atom stereocenters. The van der Waals surface area contributed by atoms with Crippen LogP contribution in [0.2, 0.25) is 0 Å². The third-order valence-corrected chi connectivity index (χ3v) is 7.03. The van der Waals surface area contributed by atoms with E-state index in [0.717, 1.165) is 0 Å². The lowest BCUT2D eigenvalue weighted by atomic mass is 9.77. The number of carbonyl (C=O) groups is 1. The lowest BCUT2D eigenvalue weighted by molar-refractivity contribution is 0.103. The molecule has 0 amide bonds. The number of nitrogens with zero attached hydrogens (tertiary/aromatic N) is 1. The molecule has 2 heterocycles. The minimum absolute atomic E-state index is 0.0569. The van der Waals surface area contributed by atoms with Gasteiger partial charge in [-0.05, 0) is 48.4 Å². The van der Waals surface area contributed by atoms with Crippen LogP contribution in [-0.2, 0) is 22.3 Å². The number of rotatable bonds is 2. The molecule has 0 atom stereocenters. The summed E-state index contributed by atoms with van der Waals surface area (Å²) in [6.07, 6.45) is 1.90. The maximum Gasteiger partial charge on any atom is 0.277 e. The van der Waals surface area contributed by atoms with Crippen molar-refractivity contribution in [1.82, 2.24) is 9.78 Å². The topological polar surface area (TPSA) is 89.0 Å². The van der Waals surface area contributed by atoms with Gasteiger partial charge >= 0.3 is 0 Å². The summed E-state index contributed by atoms with van der Waals surface area (Å²) >= 11 is 0. The standard InChI is InChI=1S/C18H22N2O4S/c1-10-8-12(15(21)13-9-19-20(5)17(13)22)11(2)14-16(10)25(23,24)7-6-18(14,3)4/h8-9,19H,6-7H2,1-5H3. The summed E-state index contributed by atoms with van der Waals surface area (Å²) in [5.74, 6) is -0.275. The second kappa shape index (κ2) is 5.42. The molecule has 0 saturated heterocycles. The van der Waals surface area contributed by atoms with Gasteiger partial charge < -0.3 is 5.10 Å². The largest absolute Gasteiger partial charge is 0.302 e. The quantitative estimate of drug-likeness (QED) is 0.828. The van der Waals surface area contributed by atoms with Gasteiger partial charge in [0, 0.05) is 18.8 Å². The molecule has 0 fully saturated rings. The van der Waals surface area contributed by atoms with E-state index >= 15 is 0 Å². The highest BCUT2D eigenvalue weighted by Crippen LogP contribution is 2.43. The molecule has 0 aliphatic carbocycles. The Morgan fingerprint density at radius 1 is 1.24 bits per heavy atom. The van der Waals surface area contributed by atoms with Gasteiger partial charge in [-0.15, -0.1) is 0 Å². The second-order valence-corrected chi connectivity index (χ2v) is 9.45. The second-order valence-electron chi connectivity index (χ2n) is 7.40. The number of sulfone groups is 1. The fourth-order valence-electron chi connectivity index (χ4n) is 3.73. The van der Waals surface area contributed by atoms with E-state index in [1.54, 1.807) is 27.0 Å². The van der Waals surface area contributed by atoms with Crippen LogP contribution in [0, 0.1) is 13.8 Å². The molecule has 7 heteroatoms. The number of nitrogens with one attached hydrogen (secondary N) is 1. The molecule has 1 aromatic carbocycles. The molecule has 0 radical (unpaired) electrons. The first-order valence-corrected chi connectivity index (χ1v) is 9.79. The molecule has 3 rings (SSSR count). The van der Waals surface area contributed by atoms with Crippen molar-refractivity contribution in [3.63, 3.8) is 0 Å². The molecule has 6 nitrogen and oxygen atoms in total. The fourth-order valence-corrected chi connectivity index (χ4v) is 6.00. The van der Waals surface area contributed by atoms with Gasteiger partial charge in [0.15, 0.2) is 15.6 Å². The van der Waals surface area contributed by atoms with Crippen molar-refractivity contribution < 1.29 is 13.2 Å². The van der Waals surface area contributed by atoms with Gasteiger partial charge in [0.25, 0.3) is 5.56 Å². The van der Waals surface area contributed by atoms with Crippen LogP contribution >= 0.6 is 0 Å². The molecule has 1 aromatic heterocycles. The number of aryl methyl sites for hydroxylation is 2. The predicted octanol–water partition coefficient (Wildman–Crippen LogP) is 2.02. The zero-order valence-corrected chi connectivity index (χ0v) is 15.9. The number of fused-ring (bicyclic) bond motifs is 1. The van der Waals surface area contributed by atoms with Crippen LogP contribution in [0.3, 0.4) is 0 Å². The number of aromatic nitrogens is 2. The summed E-state index contributed by atoms with van der Waals surface area (Å²) < 4.78 is 26.4. The summed E-state index contributed by atoms with van der Waals surface area (Å²) in [7, 11) is -1.82. The van der Waals surface area contributed by atoms with Gasteiger partial charge in [-0.1, -0.05) is 13.8 Å². The predicted molar refractivity (Wildman–Crippen MR) is 95.1 cm³/mol. The van der Waals surface area contributed by atoms with Crippen LogP contribution in [0.4, 0.5) is 0 Å². The highest BCUT2D eigenvalue weighted by atomic mass is 32.2. The first-order chi connectivity index (χ1) is 11.5. The number of H-pyrrole nitrogens is 1. The normalized spacial score (nSPS) is 18.0. The van der Waals surface area contributed by atoms with Crippen LogP contribution in [0.1, 0.15) is 52.9 Å². The van der Waals surface area contributed by atoms with E-state index in [1.807, 2.05) is 13.8 Å². The van der Waals surface area contributed by atoms with Gasteiger partial charge in [0.1, 0.15) is 5.56 Å². The summed E-state index contributed by atoms with van der Waals surface area (Å²) in [5.41, 5.74) is 1.60. The third-order valence-electron chi connectivity index (χ3n) is 5.14. The number of aromatic amines is 1. The van der Waals surface area contributed by atoms with Crippen molar-refractivity contribution in [3.8, 4) is 0 Å². The van der Waals surface area contributed by atoms with Crippen molar-refractivity contribution in [2.45, 2.75) is 44.4 Å². The van der Waals surface area contributed by atoms with Crippen molar-refractivity contribution in [3.05, 3.63) is 50.4 Å². The lowest BCUT2D eigenvalue weighted by Gasteiger charge is -2.35. The van der Waals surface area contributed by atoms with Crippen LogP contribution in [-0.4, -0.2) is 29.7 Å². The van der Waals surface area contributed by atoms with Crippen molar-refractivity contribution >= 4 is 15.6 Å². The van der Waals surface area contributed by atoms with E-state index < -0.39 is 15.4 Å². The number of benzene rings is 1. The van der Waals surface area contributed by atoms with Crippen molar-refractivity contribution in [1.29, 1.82) is 0 Å². The molecule has 1 aliphatic rings. The number of hydrogen-bond acceptors (Lipinski definition) is 4. The molecule has 2 aromatic rings. The van der Waals surface area contributed by atoms with Gasteiger partial charge in [-0.2, -0.15) is 0 Å². The molecule has 1 N–H and O–H groups in total. The van der Waals surface area contributed by atoms with E-state index in [4.69, 9.17) is 0 Å². The Bertz CT molecular complexity index is 1060. The first kappa shape index (κ1) is 17.7. The molecule has 25 heavy (non-hydrogen) atoms. The molecule has 1 aliphatic heterocycles.